The summed E-state index contributed by atoms with van der Waals surface area (Å²) in [5.41, 5.74) is 0.731. The fourth-order valence-electron chi connectivity index (χ4n) is 3.77. The Bertz CT molecular complexity index is 514. The van der Waals surface area contributed by atoms with Crippen molar-refractivity contribution in [2.75, 3.05) is 13.2 Å². The van der Waals surface area contributed by atoms with Gasteiger partial charge in [0.15, 0.2) is 0 Å². The predicted molar refractivity (Wildman–Crippen MR) is 87.1 cm³/mol. The standard InChI is InChI=1S/C18H28N2O3/c1-13-5-7-16(8-6-13)20(12-17-4-3-9-22-17)18(21)11-15-10-14(2)23-19-15/h10,13,16-17H,3-9,11-12H2,1-2H3/t13?,16?,17-/m1/s1. The van der Waals surface area contributed by atoms with Crippen molar-refractivity contribution in [3.05, 3.63) is 17.5 Å². The Morgan fingerprint density at radius 3 is 2.70 bits per heavy atom. The van der Waals surface area contributed by atoms with E-state index in [-0.39, 0.29) is 12.0 Å². The van der Waals surface area contributed by atoms with E-state index < -0.39 is 0 Å². The number of hydrogen-bond acceptors (Lipinski definition) is 4. The minimum absolute atomic E-state index is 0.161. The summed E-state index contributed by atoms with van der Waals surface area (Å²) < 4.78 is 10.9. The molecule has 0 aromatic carbocycles. The third-order valence-electron chi connectivity index (χ3n) is 5.18. The molecule has 1 aromatic rings. The molecule has 2 aliphatic rings. The Morgan fingerprint density at radius 1 is 1.30 bits per heavy atom. The molecule has 1 amide bonds. The van der Waals surface area contributed by atoms with Crippen LogP contribution in [0.25, 0.3) is 0 Å². The van der Waals surface area contributed by atoms with Crippen LogP contribution in [0.3, 0.4) is 0 Å². The van der Waals surface area contributed by atoms with E-state index in [4.69, 9.17) is 9.26 Å². The van der Waals surface area contributed by atoms with Gasteiger partial charge < -0.3 is 14.2 Å². The van der Waals surface area contributed by atoms with Gasteiger partial charge in [0, 0.05) is 25.3 Å². The van der Waals surface area contributed by atoms with Crippen molar-refractivity contribution in [1.29, 1.82) is 0 Å². The molecule has 1 saturated carbocycles. The second-order valence-electron chi connectivity index (χ2n) is 7.20. The summed E-state index contributed by atoms with van der Waals surface area (Å²) in [5, 5.41) is 3.97. The second kappa shape index (κ2) is 7.47. The molecule has 0 bridgehead atoms. The third kappa shape index (κ3) is 4.34. The zero-order valence-electron chi connectivity index (χ0n) is 14.3. The highest BCUT2D eigenvalue weighted by Crippen LogP contribution is 2.28. The highest BCUT2D eigenvalue weighted by molar-refractivity contribution is 5.78. The molecule has 5 heteroatoms. The van der Waals surface area contributed by atoms with Gasteiger partial charge in [0.25, 0.3) is 0 Å². The largest absolute Gasteiger partial charge is 0.376 e. The molecule has 1 atom stereocenters. The smallest absolute Gasteiger partial charge is 0.229 e. The molecule has 1 aliphatic heterocycles. The minimum Gasteiger partial charge on any atom is -0.376 e. The summed E-state index contributed by atoms with van der Waals surface area (Å²) in [6.07, 6.45) is 7.35. The maximum atomic E-state index is 12.9. The van der Waals surface area contributed by atoms with E-state index in [1.165, 1.54) is 12.8 Å². The van der Waals surface area contributed by atoms with Crippen LogP contribution in [-0.2, 0) is 16.0 Å². The maximum Gasteiger partial charge on any atom is 0.229 e. The van der Waals surface area contributed by atoms with Gasteiger partial charge in [0.05, 0.1) is 18.2 Å². The number of nitrogens with zero attached hydrogens (tertiary/aromatic N) is 2. The number of ether oxygens (including phenoxy) is 1. The Kier molecular flexibility index (Phi) is 5.36. The normalized spacial score (nSPS) is 28.0. The fourth-order valence-corrected chi connectivity index (χ4v) is 3.77. The molecule has 0 spiro atoms. The van der Waals surface area contributed by atoms with E-state index >= 15 is 0 Å². The van der Waals surface area contributed by atoms with Crippen LogP contribution < -0.4 is 0 Å². The van der Waals surface area contributed by atoms with Crippen LogP contribution in [-0.4, -0.2) is 41.3 Å². The van der Waals surface area contributed by atoms with Crippen LogP contribution in [0.1, 0.15) is 56.9 Å². The van der Waals surface area contributed by atoms with Gasteiger partial charge in [-0.3, -0.25) is 4.79 Å². The summed E-state index contributed by atoms with van der Waals surface area (Å²) in [7, 11) is 0. The highest BCUT2D eigenvalue weighted by atomic mass is 16.5. The molecule has 1 aliphatic carbocycles. The first-order chi connectivity index (χ1) is 11.1. The van der Waals surface area contributed by atoms with E-state index in [0.29, 0.717) is 12.5 Å². The lowest BCUT2D eigenvalue weighted by atomic mass is 9.86. The highest BCUT2D eigenvalue weighted by Gasteiger charge is 2.31. The van der Waals surface area contributed by atoms with E-state index in [1.54, 1.807) is 0 Å². The number of carbonyl (C=O) groups is 1. The molecule has 1 aromatic heterocycles. The van der Waals surface area contributed by atoms with Crippen molar-refractivity contribution in [3.63, 3.8) is 0 Å². The molecule has 0 radical (unpaired) electrons. The van der Waals surface area contributed by atoms with E-state index in [0.717, 1.165) is 56.2 Å². The Morgan fingerprint density at radius 2 is 2.09 bits per heavy atom. The number of aryl methyl sites for hydroxylation is 1. The van der Waals surface area contributed by atoms with Crippen molar-refractivity contribution in [2.24, 2.45) is 5.92 Å². The molecule has 23 heavy (non-hydrogen) atoms. The number of amides is 1. The van der Waals surface area contributed by atoms with Gasteiger partial charge in [0.1, 0.15) is 5.76 Å². The van der Waals surface area contributed by atoms with Gasteiger partial charge in [0.2, 0.25) is 5.91 Å². The van der Waals surface area contributed by atoms with E-state index in [9.17, 15) is 4.79 Å². The van der Waals surface area contributed by atoms with Crippen molar-refractivity contribution in [2.45, 2.75) is 70.9 Å². The summed E-state index contributed by atoms with van der Waals surface area (Å²) in [6.45, 7) is 5.72. The van der Waals surface area contributed by atoms with Gasteiger partial charge >= 0.3 is 0 Å². The van der Waals surface area contributed by atoms with Crippen LogP contribution in [0.15, 0.2) is 10.6 Å². The van der Waals surface area contributed by atoms with Gasteiger partial charge in [-0.2, -0.15) is 0 Å². The first-order valence-corrected chi connectivity index (χ1v) is 8.95. The zero-order chi connectivity index (χ0) is 16.2. The van der Waals surface area contributed by atoms with E-state index in [2.05, 4.69) is 17.0 Å². The Labute approximate surface area is 138 Å². The van der Waals surface area contributed by atoms with Gasteiger partial charge in [-0.05, 0) is 51.4 Å². The molecule has 3 rings (SSSR count). The van der Waals surface area contributed by atoms with Gasteiger partial charge in [-0.1, -0.05) is 12.1 Å². The molecule has 2 heterocycles. The van der Waals surface area contributed by atoms with Gasteiger partial charge in [-0.15, -0.1) is 0 Å². The lowest BCUT2D eigenvalue weighted by Crippen LogP contribution is -2.46. The molecule has 0 unspecified atom stereocenters. The predicted octanol–water partition coefficient (Wildman–Crippen LogP) is 3.11. The lowest BCUT2D eigenvalue weighted by molar-refractivity contribution is -0.135. The summed E-state index contributed by atoms with van der Waals surface area (Å²) >= 11 is 0. The maximum absolute atomic E-state index is 12.9. The molecular formula is C18H28N2O3. The average Bonchev–Trinajstić information content (AvgIpc) is 3.17. The number of aromatic nitrogens is 1. The number of carbonyl (C=O) groups excluding carboxylic acids is 1. The van der Waals surface area contributed by atoms with Crippen molar-refractivity contribution < 1.29 is 14.1 Å². The third-order valence-corrected chi connectivity index (χ3v) is 5.18. The van der Waals surface area contributed by atoms with Crippen molar-refractivity contribution >= 4 is 5.91 Å². The van der Waals surface area contributed by atoms with Crippen LogP contribution in [0.4, 0.5) is 0 Å². The fraction of sp³-hybridized carbons (Fsp3) is 0.778. The summed E-state index contributed by atoms with van der Waals surface area (Å²) in [4.78, 5) is 15.0. The summed E-state index contributed by atoms with van der Waals surface area (Å²) in [6, 6.07) is 2.21. The Hall–Kier alpha value is -1.36. The topological polar surface area (TPSA) is 55.6 Å². The number of hydrogen-bond donors (Lipinski definition) is 0. The van der Waals surface area contributed by atoms with Crippen LogP contribution >= 0.6 is 0 Å². The monoisotopic (exact) mass is 320 g/mol. The molecule has 128 valence electrons. The summed E-state index contributed by atoms with van der Waals surface area (Å²) in [5.74, 6) is 1.70. The van der Waals surface area contributed by atoms with Crippen LogP contribution in [0, 0.1) is 12.8 Å². The average molecular weight is 320 g/mol. The minimum atomic E-state index is 0.161. The first kappa shape index (κ1) is 16.5. The Balaban J connectivity index is 1.66. The number of rotatable bonds is 5. The van der Waals surface area contributed by atoms with Crippen molar-refractivity contribution in [1.82, 2.24) is 10.1 Å². The molecule has 5 nitrogen and oxygen atoms in total. The first-order valence-electron chi connectivity index (χ1n) is 8.95. The van der Waals surface area contributed by atoms with E-state index in [1.807, 2.05) is 13.0 Å². The second-order valence-corrected chi connectivity index (χ2v) is 7.20. The van der Waals surface area contributed by atoms with Gasteiger partial charge in [-0.25, -0.2) is 0 Å². The molecule has 0 N–H and O–H groups in total. The SMILES string of the molecule is Cc1cc(CC(=O)N(C[C@H]2CCCO2)C2CCC(C)CC2)no1. The lowest BCUT2D eigenvalue weighted by Gasteiger charge is -2.37. The molecule has 2 fully saturated rings. The van der Waals surface area contributed by atoms with Crippen LogP contribution in [0.2, 0.25) is 0 Å². The van der Waals surface area contributed by atoms with Crippen LogP contribution in [0.5, 0.6) is 0 Å². The van der Waals surface area contributed by atoms with Crippen molar-refractivity contribution in [3.8, 4) is 0 Å². The quantitative estimate of drug-likeness (QED) is 0.836. The zero-order valence-corrected chi connectivity index (χ0v) is 14.3. The molecular weight excluding hydrogens is 292 g/mol. The molecule has 1 saturated heterocycles.